The van der Waals surface area contributed by atoms with Crippen LogP contribution in [0.5, 0.6) is 0 Å². The van der Waals surface area contributed by atoms with Gasteiger partial charge in [-0.3, -0.25) is 4.57 Å². The number of hydrogen-bond donors (Lipinski definition) is 1. The fraction of sp³-hybridized carbons (Fsp3) is 1.00. The second-order valence-corrected chi connectivity index (χ2v) is 9.05. The highest BCUT2D eigenvalue weighted by molar-refractivity contribution is 7.44. The van der Waals surface area contributed by atoms with Gasteiger partial charge in [-0.1, -0.05) is 71.6 Å². The molecule has 0 aromatic heterocycles. The molecule has 0 spiro atoms. The molecule has 0 bridgehead atoms. The lowest BCUT2D eigenvalue weighted by Gasteiger charge is -2.23. The molecule has 1 N–H and O–H groups in total. The topological polar surface area (TPSA) is 69.6 Å². The first kappa shape index (κ1) is 27.3. The summed E-state index contributed by atoms with van der Waals surface area (Å²) < 4.78 is 15.4. The zero-order valence-corrected chi connectivity index (χ0v) is 18.4. The third kappa shape index (κ3) is 32.2. The molecular formula is C19H44NO4P. The van der Waals surface area contributed by atoms with Gasteiger partial charge in [0.05, 0.1) is 34.3 Å². The van der Waals surface area contributed by atoms with E-state index in [0.29, 0.717) is 6.42 Å². The Morgan fingerprint density at radius 2 is 1.20 bits per heavy atom. The fourth-order valence-electron chi connectivity index (χ4n) is 2.43. The molecular weight excluding hydrogens is 337 g/mol. The maximum absolute atomic E-state index is 10.1. The van der Waals surface area contributed by atoms with Crippen LogP contribution in [0.15, 0.2) is 0 Å². The zero-order chi connectivity index (χ0) is 19.6. The monoisotopic (exact) mass is 381 g/mol. The van der Waals surface area contributed by atoms with Crippen molar-refractivity contribution >= 4 is 7.82 Å². The third-order valence-corrected chi connectivity index (χ3v) is 4.44. The van der Waals surface area contributed by atoms with Crippen molar-refractivity contribution in [3.8, 4) is 0 Å². The van der Waals surface area contributed by atoms with Gasteiger partial charge in [0.2, 0.25) is 0 Å². The molecule has 1 unspecified atom stereocenters. The van der Waals surface area contributed by atoms with Gasteiger partial charge < -0.3 is 18.8 Å². The first-order valence-electron chi connectivity index (χ1n) is 10.1. The Morgan fingerprint density at radius 1 is 0.800 bits per heavy atom. The third-order valence-electron chi connectivity index (χ3n) is 3.93. The number of phosphoric acid groups is 1. The molecule has 0 aliphatic heterocycles. The van der Waals surface area contributed by atoms with Gasteiger partial charge in [-0.25, -0.2) is 0 Å². The lowest BCUT2D eigenvalue weighted by molar-refractivity contribution is -0.870. The normalized spacial score (nSPS) is 13.9. The molecule has 0 heterocycles. The smallest absolute Gasteiger partial charge is 0.265 e. The molecule has 0 aliphatic carbocycles. The van der Waals surface area contributed by atoms with Crippen molar-refractivity contribution in [1.29, 1.82) is 0 Å². The molecule has 0 saturated carbocycles. The van der Waals surface area contributed by atoms with Crippen LogP contribution in [-0.2, 0) is 9.09 Å². The van der Waals surface area contributed by atoms with Gasteiger partial charge in [-0.15, -0.1) is 0 Å². The quantitative estimate of drug-likeness (QED) is 0.249. The average molecular weight is 382 g/mol. The fourth-order valence-corrected chi connectivity index (χ4v) is 2.79. The van der Waals surface area contributed by atoms with E-state index in [-0.39, 0.29) is 6.61 Å². The first-order valence-corrected chi connectivity index (χ1v) is 11.6. The van der Waals surface area contributed by atoms with Gasteiger partial charge in [-0.05, 0) is 19.3 Å². The van der Waals surface area contributed by atoms with E-state index in [2.05, 4.69) is 39.5 Å². The van der Waals surface area contributed by atoms with Crippen LogP contribution in [-0.4, -0.2) is 43.7 Å². The van der Waals surface area contributed by atoms with Crippen LogP contribution in [0.4, 0.5) is 0 Å². The number of nitrogens with zero attached hydrogens (tertiary/aromatic N) is 1. The Morgan fingerprint density at radius 3 is 1.60 bits per heavy atom. The molecule has 0 fully saturated rings. The summed E-state index contributed by atoms with van der Waals surface area (Å²) in [7, 11) is 2.33. The van der Waals surface area contributed by atoms with E-state index in [9.17, 15) is 9.46 Å². The van der Waals surface area contributed by atoms with Gasteiger partial charge in [0.1, 0.15) is 0 Å². The summed E-state index contributed by atoms with van der Waals surface area (Å²) in [6.45, 7) is 5.84. The molecule has 0 aromatic carbocycles. The number of quaternary nitrogens is 1. The summed E-state index contributed by atoms with van der Waals surface area (Å²) >= 11 is 0. The number of unbranched alkanes of at least 4 members (excludes halogenated alkanes) is 10. The van der Waals surface area contributed by atoms with Crippen molar-refractivity contribution in [2.24, 2.45) is 0 Å². The Hall–Kier alpha value is 0.0700. The standard InChI is InChI=1S/C11H26N.C8H19O4P/c1-5-6-7-8-9-10-11-12(2,3)4;1-2-3-4-5-6-7-8-12-13(9,10)11/h5-11H2,1-4H3;2-8H2,1H3,(H2,9,10,11)/q+1;/p-1. The summed E-state index contributed by atoms with van der Waals surface area (Å²) in [6.07, 6.45) is 14.8. The van der Waals surface area contributed by atoms with Gasteiger partial charge in [-0.2, -0.15) is 0 Å². The summed E-state index contributed by atoms with van der Waals surface area (Å²) in [5.74, 6) is 0. The van der Waals surface area contributed by atoms with Crippen LogP contribution in [0.2, 0.25) is 0 Å². The SMILES string of the molecule is CCCCCCCCOP(=O)([O-])O.CCCCCCCC[N+](C)(C)C. The maximum Gasteiger partial charge on any atom is 0.265 e. The van der Waals surface area contributed by atoms with Crippen molar-refractivity contribution in [3.05, 3.63) is 0 Å². The molecule has 154 valence electrons. The van der Waals surface area contributed by atoms with Gasteiger partial charge >= 0.3 is 0 Å². The van der Waals surface area contributed by atoms with Crippen LogP contribution in [0.25, 0.3) is 0 Å². The average Bonchev–Trinajstić information content (AvgIpc) is 2.48. The van der Waals surface area contributed by atoms with E-state index >= 15 is 0 Å². The lowest BCUT2D eigenvalue weighted by atomic mass is 10.1. The minimum absolute atomic E-state index is 0.101. The predicted octanol–water partition coefficient (Wildman–Crippen LogP) is 4.88. The maximum atomic E-state index is 10.1. The van der Waals surface area contributed by atoms with E-state index in [4.69, 9.17) is 4.89 Å². The van der Waals surface area contributed by atoms with Crippen LogP contribution < -0.4 is 4.89 Å². The second-order valence-electron chi connectivity index (χ2n) is 7.85. The summed E-state index contributed by atoms with van der Waals surface area (Å²) in [6, 6.07) is 0. The zero-order valence-electron chi connectivity index (χ0n) is 17.5. The van der Waals surface area contributed by atoms with Crippen LogP contribution in [0.1, 0.15) is 90.9 Å². The van der Waals surface area contributed by atoms with Crippen molar-refractivity contribution < 1.29 is 23.4 Å². The Labute approximate surface area is 157 Å². The van der Waals surface area contributed by atoms with E-state index in [1.54, 1.807) is 0 Å². The highest BCUT2D eigenvalue weighted by Gasteiger charge is 2.04. The highest BCUT2D eigenvalue weighted by atomic mass is 31.2. The molecule has 1 atom stereocenters. The minimum Gasteiger partial charge on any atom is -0.756 e. The summed E-state index contributed by atoms with van der Waals surface area (Å²) in [4.78, 5) is 18.4. The Kier molecular flexibility index (Phi) is 19.1. The van der Waals surface area contributed by atoms with Crippen LogP contribution in [0.3, 0.4) is 0 Å². The minimum atomic E-state index is -4.48. The lowest BCUT2D eigenvalue weighted by Crippen LogP contribution is -2.35. The summed E-state index contributed by atoms with van der Waals surface area (Å²) in [5, 5.41) is 0. The molecule has 0 aromatic rings. The van der Waals surface area contributed by atoms with E-state index in [0.717, 1.165) is 17.3 Å². The molecule has 25 heavy (non-hydrogen) atoms. The van der Waals surface area contributed by atoms with Crippen LogP contribution in [0, 0.1) is 0 Å². The van der Waals surface area contributed by atoms with Crippen molar-refractivity contribution in [1.82, 2.24) is 0 Å². The predicted molar refractivity (Wildman–Crippen MR) is 105 cm³/mol. The van der Waals surface area contributed by atoms with Gasteiger partial charge in [0.25, 0.3) is 7.82 Å². The molecule has 5 nitrogen and oxygen atoms in total. The van der Waals surface area contributed by atoms with Crippen molar-refractivity contribution in [2.75, 3.05) is 34.3 Å². The number of rotatable bonds is 15. The molecule has 6 heteroatoms. The van der Waals surface area contributed by atoms with E-state index in [1.165, 1.54) is 64.3 Å². The molecule has 0 radical (unpaired) electrons. The molecule has 0 saturated heterocycles. The van der Waals surface area contributed by atoms with Crippen molar-refractivity contribution in [2.45, 2.75) is 90.9 Å². The largest absolute Gasteiger partial charge is 0.756 e. The number of phosphoric ester groups is 1. The summed E-state index contributed by atoms with van der Waals surface area (Å²) in [5.41, 5.74) is 0. The highest BCUT2D eigenvalue weighted by Crippen LogP contribution is 2.30. The molecule has 0 aliphatic rings. The van der Waals surface area contributed by atoms with E-state index in [1.807, 2.05) is 0 Å². The number of hydrogen-bond acceptors (Lipinski definition) is 3. The Bertz CT molecular complexity index is 313. The first-order chi connectivity index (χ1) is 11.6. The van der Waals surface area contributed by atoms with E-state index < -0.39 is 7.82 Å². The van der Waals surface area contributed by atoms with Crippen molar-refractivity contribution in [3.63, 3.8) is 0 Å². The van der Waals surface area contributed by atoms with Gasteiger partial charge in [0, 0.05) is 0 Å². The van der Waals surface area contributed by atoms with Crippen LogP contribution >= 0.6 is 7.82 Å². The Balaban J connectivity index is 0. The molecule has 0 amide bonds. The second kappa shape index (κ2) is 17.5. The molecule has 0 rings (SSSR count). The van der Waals surface area contributed by atoms with Gasteiger partial charge in [0.15, 0.2) is 0 Å².